The summed E-state index contributed by atoms with van der Waals surface area (Å²) in [5, 5.41) is 0. The molecule has 0 aliphatic heterocycles. The molecule has 0 N–H and O–H groups in total. The van der Waals surface area contributed by atoms with Gasteiger partial charge in [-0.2, -0.15) is 0 Å². The van der Waals surface area contributed by atoms with E-state index in [1.54, 1.807) is 0 Å². The molecule has 0 radical (unpaired) electrons. The average molecular weight is 182 g/mol. The van der Waals surface area contributed by atoms with Crippen LogP contribution in [0.1, 0.15) is 40.0 Å². The van der Waals surface area contributed by atoms with Crippen molar-refractivity contribution >= 4 is 0 Å². The zero-order valence-electron chi connectivity index (χ0n) is 9.39. The predicted molar refractivity (Wildman–Crippen MR) is 54.6 cm³/mol. The Morgan fingerprint density at radius 3 is 2.38 bits per heavy atom. The van der Waals surface area contributed by atoms with E-state index in [-0.39, 0.29) is 0 Å². The Morgan fingerprint density at radius 1 is 1.31 bits per heavy atom. The molecular formula is C12H22O. The van der Waals surface area contributed by atoms with Crippen LogP contribution in [-0.2, 0) is 4.74 Å². The van der Waals surface area contributed by atoms with E-state index >= 15 is 0 Å². The van der Waals surface area contributed by atoms with Gasteiger partial charge in [0.1, 0.15) is 0 Å². The third-order valence-corrected chi connectivity index (χ3v) is 5.34. The van der Waals surface area contributed by atoms with E-state index in [2.05, 4.69) is 20.8 Å². The number of fused-ring (bicyclic) bond motifs is 2. The smallest absolute Gasteiger partial charge is 0.0496 e. The molecule has 1 heteroatoms. The maximum absolute atomic E-state index is 5.34. The molecule has 0 heterocycles. The van der Waals surface area contributed by atoms with Gasteiger partial charge in [-0.15, -0.1) is 0 Å². The molecule has 2 bridgehead atoms. The lowest BCUT2D eigenvalue weighted by molar-refractivity contribution is 0.0429. The molecule has 2 saturated carbocycles. The van der Waals surface area contributed by atoms with Crippen molar-refractivity contribution in [3.8, 4) is 0 Å². The molecule has 0 aromatic heterocycles. The molecule has 13 heavy (non-hydrogen) atoms. The van der Waals surface area contributed by atoms with Gasteiger partial charge in [0.15, 0.2) is 0 Å². The monoisotopic (exact) mass is 182 g/mol. The van der Waals surface area contributed by atoms with Crippen LogP contribution < -0.4 is 0 Å². The zero-order valence-corrected chi connectivity index (χ0v) is 9.39. The van der Waals surface area contributed by atoms with Gasteiger partial charge in [-0.05, 0) is 41.9 Å². The Balaban J connectivity index is 2.22. The van der Waals surface area contributed by atoms with Gasteiger partial charge < -0.3 is 4.74 Å². The van der Waals surface area contributed by atoms with Gasteiger partial charge in [0, 0.05) is 13.7 Å². The summed E-state index contributed by atoms with van der Waals surface area (Å²) in [6.45, 7) is 8.36. The van der Waals surface area contributed by atoms with Gasteiger partial charge in [-0.25, -0.2) is 0 Å². The second kappa shape index (κ2) is 2.73. The first-order valence-corrected chi connectivity index (χ1v) is 5.51. The van der Waals surface area contributed by atoms with E-state index in [9.17, 15) is 0 Å². The SMILES string of the molecule is COCC1CC2CCC1(C)C2(C)C. The van der Waals surface area contributed by atoms with Crippen molar-refractivity contribution in [3.63, 3.8) is 0 Å². The normalized spacial score (nSPS) is 47.1. The highest BCUT2D eigenvalue weighted by molar-refractivity contribution is 5.09. The minimum atomic E-state index is 0.549. The van der Waals surface area contributed by atoms with Gasteiger partial charge in [-0.3, -0.25) is 0 Å². The minimum absolute atomic E-state index is 0.549. The summed E-state index contributed by atoms with van der Waals surface area (Å²) in [6.07, 6.45) is 4.26. The first kappa shape index (κ1) is 9.51. The van der Waals surface area contributed by atoms with E-state index in [4.69, 9.17) is 4.74 Å². The van der Waals surface area contributed by atoms with Gasteiger partial charge in [0.25, 0.3) is 0 Å². The van der Waals surface area contributed by atoms with Crippen molar-refractivity contribution < 1.29 is 4.74 Å². The van der Waals surface area contributed by atoms with Gasteiger partial charge in [-0.1, -0.05) is 20.8 Å². The van der Waals surface area contributed by atoms with Crippen LogP contribution in [0.3, 0.4) is 0 Å². The fraction of sp³-hybridized carbons (Fsp3) is 1.00. The van der Waals surface area contributed by atoms with Gasteiger partial charge in [0.2, 0.25) is 0 Å². The summed E-state index contributed by atoms with van der Waals surface area (Å²) in [7, 11) is 1.84. The molecule has 76 valence electrons. The Hall–Kier alpha value is -0.0400. The standard InChI is InChI=1S/C12H22O/c1-11(2)9-5-6-12(11,3)10(7-9)8-13-4/h9-10H,5-8H2,1-4H3. The van der Waals surface area contributed by atoms with Crippen molar-refractivity contribution in [1.82, 2.24) is 0 Å². The first-order chi connectivity index (χ1) is 6.02. The summed E-state index contributed by atoms with van der Waals surface area (Å²) in [5.74, 6) is 1.77. The summed E-state index contributed by atoms with van der Waals surface area (Å²) in [5.41, 5.74) is 1.10. The summed E-state index contributed by atoms with van der Waals surface area (Å²) < 4.78 is 5.34. The van der Waals surface area contributed by atoms with Crippen LogP contribution in [0.4, 0.5) is 0 Å². The average Bonchev–Trinajstić information content (AvgIpc) is 2.37. The lowest BCUT2D eigenvalue weighted by Gasteiger charge is -2.39. The minimum Gasteiger partial charge on any atom is -0.384 e. The molecule has 2 rings (SSSR count). The molecule has 3 unspecified atom stereocenters. The van der Waals surface area contributed by atoms with Crippen LogP contribution in [0.15, 0.2) is 0 Å². The molecule has 0 amide bonds. The molecule has 2 aliphatic rings. The highest BCUT2D eigenvalue weighted by Crippen LogP contribution is 2.67. The van der Waals surface area contributed by atoms with Crippen molar-refractivity contribution in [2.24, 2.45) is 22.7 Å². The van der Waals surface area contributed by atoms with Crippen molar-refractivity contribution in [1.29, 1.82) is 0 Å². The number of hydrogen-bond donors (Lipinski definition) is 0. The molecule has 0 aromatic carbocycles. The van der Waals surface area contributed by atoms with Crippen LogP contribution in [0, 0.1) is 22.7 Å². The van der Waals surface area contributed by atoms with Crippen molar-refractivity contribution in [2.45, 2.75) is 40.0 Å². The Labute approximate surface area is 81.9 Å². The molecule has 0 saturated heterocycles. The third kappa shape index (κ3) is 1.03. The first-order valence-electron chi connectivity index (χ1n) is 5.51. The number of methoxy groups -OCH3 is 1. The fourth-order valence-electron chi connectivity index (χ4n) is 3.82. The molecule has 1 nitrogen and oxygen atoms in total. The van der Waals surface area contributed by atoms with E-state index in [1.807, 2.05) is 7.11 Å². The maximum Gasteiger partial charge on any atom is 0.0496 e. The number of hydrogen-bond acceptors (Lipinski definition) is 1. The summed E-state index contributed by atoms with van der Waals surface area (Å²) >= 11 is 0. The molecule has 2 aliphatic carbocycles. The van der Waals surface area contributed by atoms with Crippen LogP contribution in [0.2, 0.25) is 0 Å². The Kier molecular flexibility index (Phi) is 1.99. The van der Waals surface area contributed by atoms with Crippen LogP contribution in [0.5, 0.6) is 0 Å². The number of rotatable bonds is 2. The molecule has 3 atom stereocenters. The Morgan fingerprint density at radius 2 is 2.00 bits per heavy atom. The van der Waals surface area contributed by atoms with Crippen molar-refractivity contribution in [3.05, 3.63) is 0 Å². The van der Waals surface area contributed by atoms with Crippen LogP contribution in [-0.4, -0.2) is 13.7 Å². The van der Waals surface area contributed by atoms with E-state index in [0.717, 1.165) is 18.4 Å². The second-order valence-corrected chi connectivity index (χ2v) is 5.76. The van der Waals surface area contributed by atoms with E-state index < -0.39 is 0 Å². The summed E-state index contributed by atoms with van der Waals surface area (Å²) in [6, 6.07) is 0. The predicted octanol–water partition coefficient (Wildman–Crippen LogP) is 3.10. The van der Waals surface area contributed by atoms with Crippen molar-refractivity contribution in [2.75, 3.05) is 13.7 Å². The zero-order chi connectivity index (χ0) is 9.69. The van der Waals surface area contributed by atoms with Crippen LogP contribution >= 0.6 is 0 Å². The Bertz CT molecular complexity index is 209. The van der Waals surface area contributed by atoms with E-state index in [0.29, 0.717) is 10.8 Å². The second-order valence-electron chi connectivity index (χ2n) is 5.76. The van der Waals surface area contributed by atoms with E-state index in [1.165, 1.54) is 19.3 Å². The molecule has 2 fully saturated rings. The number of ether oxygens (including phenoxy) is 1. The highest BCUT2D eigenvalue weighted by atomic mass is 16.5. The maximum atomic E-state index is 5.34. The summed E-state index contributed by atoms with van der Waals surface area (Å²) in [4.78, 5) is 0. The third-order valence-electron chi connectivity index (χ3n) is 5.34. The topological polar surface area (TPSA) is 9.23 Å². The lowest BCUT2D eigenvalue weighted by Crippen LogP contribution is -2.34. The molecular weight excluding hydrogens is 160 g/mol. The largest absolute Gasteiger partial charge is 0.384 e. The van der Waals surface area contributed by atoms with Gasteiger partial charge in [0.05, 0.1) is 0 Å². The highest BCUT2D eigenvalue weighted by Gasteiger charge is 2.60. The fourth-order valence-corrected chi connectivity index (χ4v) is 3.82. The molecule has 0 aromatic rings. The lowest BCUT2D eigenvalue weighted by atomic mass is 9.67. The molecule has 0 spiro atoms. The van der Waals surface area contributed by atoms with Gasteiger partial charge >= 0.3 is 0 Å². The quantitative estimate of drug-likeness (QED) is 0.637. The van der Waals surface area contributed by atoms with Crippen LogP contribution in [0.25, 0.3) is 0 Å².